The van der Waals surface area contributed by atoms with Gasteiger partial charge < -0.3 is 0 Å². The second-order valence-corrected chi connectivity index (χ2v) is 8.50. The average Bonchev–Trinajstić information content (AvgIpc) is 3.34. The molecule has 0 spiro atoms. The molecule has 0 radical (unpaired) electrons. The van der Waals surface area contributed by atoms with Crippen LogP contribution in [0.15, 0.2) is 47.2 Å². The molecule has 3 aromatic heterocycles. The lowest BCUT2D eigenvalue weighted by Crippen LogP contribution is -1.84. The molecule has 0 bridgehead atoms. The first kappa shape index (κ1) is 15.7. The fourth-order valence-electron chi connectivity index (χ4n) is 2.56. The summed E-state index contributed by atoms with van der Waals surface area (Å²) in [6.07, 6.45) is 1.06. The van der Waals surface area contributed by atoms with Crippen LogP contribution >= 0.6 is 34.0 Å². The van der Waals surface area contributed by atoms with E-state index in [9.17, 15) is 0 Å². The third-order valence-corrected chi connectivity index (χ3v) is 6.74. The van der Waals surface area contributed by atoms with Crippen molar-refractivity contribution in [3.63, 3.8) is 0 Å². The van der Waals surface area contributed by atoms with Crippen LogP contribution in [-0.4, -0.2) is 9.97 Å². The van der Waals surface area contributed by atoms with Crippen molar-refractivity contribution in [2.75, 3.05) is 0 Å². The molecule has 3 heterocycles. The van der Waals surface area contributed by atoms with Crippen LogP contribution in [0.25, 0.3) is 31.8 Å². The third kappa shape index (κ3) is 2.95. The summed E-state index contributed by atoms with van der Waals surface area (Å²) < 4.78 is 0. The topological polar surface area (TPSA) is 25.8 Å². The first-order valence-corrected chi connectivity index (χ1v) is 10.4. The number of aromatic nitrogens is 2. The molecule has 0 saturated carbocycles. The monoisotopic (exact) mass is 368 g/mol. The molecular weight excluding hydrogens is 352 g/mol. The maximum absolute atomic E-state index is 4.87. The number of thiazole rings is 2. The molecule has 0 atom stereocenters. The van der Waals surface area contributed by atoms with Crippen molar-refractivity contribution in [3.05, 3.63) is 57.6 Å². The Kier molecular flexibility index (Phi) is 4.31. The normalized spacial score (nSPS) is 11.1. The summed E-state index contributed by atoms with van der Waals surface area (Å²) in [6, 6.07) is 12.9. The van der Waals surface area contributed by atoms with Gasteiger partial charge in [0.1, 0.15) is 0 Å². The van der Waals surface area contributed by atoms with Crippen LogP contribution in [0.2, 0.25) is 0 Å². The number of benzene rings is 1. The van der Waals surface area contributed by atoms with Gasteiger partial charge in [-0.1, -0.05) is 37.3 Å². The molecule has 0 saturated heterocycles. The molecule has 5 heteroatoms. The summed E-state index contributed by atoms with van der Waals surface area (Å²) in [5, 5.41) is 6.21. The van der Waals surface area contributed by atoms with E-state index in [-0.39, 0.29) is 0 Å². The highest BCUT2D eigenvalue weighted by molar-refractivity contribution is 7.21. The first-order valence-electron chi connectivity index (χ1n) is 7.81. The summed E-state index contributed by atoms with van der Waals surface area (Å²) in [5.41, 5.74) is 4.66. The van der Waals surface area contributed by atoms with Gasteiger partial charge in [0.2, 0.25) is 0 Å². The van der Waals surface area contributed by atoms with E-state index in [0.717, 1.165) is 27.8 Å². The van der Waals surface area contributed by atoms with E-state index in [2.05, 4.69) is 61.0 Å². The molecule has 1 aromatic carbocycles. The predicted molar refractivity (Wildman–Crippen MR) is 106 cm³/mol. The Bertz CT molecular complexity index is 947. The van der Waals surface area contributed by atoms with Gasteiger partial charge in [0.25, 0.3) is 0 Å². The highest BCUT2D eigenvalue weighted by Gasteiger charge is 2.15. The van der Waals surface area contributed by atoms with Gasteiger partial charge in [-0.25, -0.2) is 9.97 Å². The second-order valence-electron chi connectivity index (χ2n) is 5.49. The summed E-state index contributed by atoms with van der Waals surface area (Å²) in [6.45, 7) is 4.31. The van der Waals surface area contributed by atoms with Gasteiger partial charge in [-0.3, -0.25) is 0 Å². The smallest absolute Gasteiger partial charge is 0.153 e. The molecule has 24 heavy (non-hydrogen) atoms. The lowest BCUT2D eigenvalue weighted by molar-refractivity contribution is 1.14. The Balaban J connectivity index is 1.68. The Hall–Kier alpha value is -1.82. The standard InChI is InChI=1S/C19H16N2S3/c1-3-13-6-8-14(9-7-13)17-12(2)24-19(21-17)18-20-15(11-23-18)16-5-4-10-22-16/h4-11H,3H2,1-2H3. The lowest BCUT2D eigenvalue weighted by atomic mass is 10.1. The van der Waals surface area contributed by atoms with E-state index in [1.165, 1.54) is 20.9 Å². The Labute approximate surface area is 153 Å². The Morgan fingerprint density at radius 3 is 2.50 bits per heavy atom. The molecule has 2 nitrogen and oxygen atoms in total. The number of nitrogens with zero attached hydrogens (tertiary/aromatic N) is 2. The van der Waals surface area contributed by atoms with Crippen molar-refractivity contribution in [2.45, 2.75) is 20.3 Å². The number of aryl methyl sites for hydroxylation is 2. The molecule has 0 aliphatic carbocycles. The van der Waals surface area contributed by atoms with E-state index >= 15 is 0 Å². The Morgan fingerprint density at radius 2 is 1.79 bits per heavy atom. The molecular formula is C19H16N2S3. The molecule has 4 aromatic rings. The zero-order valence-electron chi connectivity index (χ0n) is 13.4. The lowest BCUT2D eigenvalue weighted by Gasteiger charge is -2.00. The van der Waals surface area contributed by atoms with Crippen molar-refractivity contribution in [2.24, 2.45) is 0 Å². The molecule has 0 aliphatic heterocycles. The summed E-state index contributed by atoms with van der Waals surface area (Å²) >= 11 is 5.11. The highest BCUT2D eigenvalue weighted by Crippen LogP contribution is 2.36. The van der Waals surface area contributed by atoms with Crippen LogP contribution in [0.1, 0.15) is 17.4 Å². The highest BCUT2D eigenvalue weighted by atomic mass is 32.1. The van der Waals surface area contributed by atoms with Crippen molar-refractivity contribution in [3.8, 4) is 31.8 Å². The quantitative estimate of drug-likeness (QED) is 0.409. The minimum absolute atomic E-state index is 1.00. The second kappa shape index (κ2) is 6.59. The number of hydrogen-bond acceptors (Lipinski definition) is 5. The molecule has 0 N–H and O–H groups in total. The fourth-order valence-corrected chi connectivity index (χ4v) is 5.11. The number of thiophene rings is 1. The molecule has 120 valence electrons. The Morgan fingerprint density at radius 1 is 0.958 bits per heavy atom. The maximum Gasteiger partial charge on any atom is 0.153 e. The summed E-state index contributed by atoms with van der Waals surface area (Å²) in [5.74, 6) is 0. The zero-order chi connectivity index (χ0) is 16.5. The van der Waals surface area contributed by atoms with Crippen LogP contribution in [0.4, 0.5) is 0 Å². The first-order chi connectivity index (χ1) is 11.7. The molecule has 0 aliphatic rings. The van der Waals surface area contributed by atoms with Crippen LogP contribution in [0, 0.1) is 6.92 Å². The van der Waals surface area contributed by atoms with E-state index in [4.69, 9.17) is 9.97 Å². The zero-order valence-corrected chi connectivity index (χ0v) is 15.9. The van der Waals surface area contributed by atoms with Crippen molar-refractivity contribution >= 4 is 34.0 Å². The van der Waals surface area contributed by atoms with Gasteiger partial charge in [0.05, 0.1) is 16.3 Å². The third-order valence-electron chi connectivity index (χ3n) is 3.89. The minimum atomic E-state index is 1.00. The van der Waals surface area contributed by atoms with Gasteiger partial charge >= 0.3 is 0 Å². The van der Waals surface area contributed by atoms with Crippen LogP contribution in [-0.2, 0) is 6.42 Å². The van der Waals surface area contributed by atoms with Gasteiger partial charge in [0, 0.05) is 15.8 Å². The van der Waals surface area contributed by atoms with Gasteiger partial charge in [-0.05, 0) is 30.4 Å². The van der Waals surface area contributed by atoms with Crippen molar-refractivity contribution in [1.29, 1.82) is 0 Å². The van der Waals surface area contributed by atoms with Crippen LogP contribution in [0.5, 0.6) is 0 Å². The van der Waals surface area contributed by atoms with E-state index in [1.807, 2.05) is 0 Å². The van der Waals surface area contributed by atoms with E-state index < -0.39 is 0 Å². The molecule has 4 rings (SSSR count). The largest absolute Gasteiger partial charge is 0.233 e. The van der Waals surface area contributed by atoms with E-state index in [0.29, 0.717) is 0 Å². The van der Waals surface area contributed by atoms with Crippen LogP contribution < -0.4 is 0 Å². The van der Waals surface area contributed by atoms with Gasteiger partial charge in [-0.15, -0.1) is 34.0 Å². The van der Waals surface area contributed by atoms with Crippen molar-refractivity contribution < 1.29 is 0 Å². The van der Waals surface area contributed by atoms with Crippen LogP contribution in [0.3, 0.4) is 0 Å². The predicted octanol–water partition coefficient (Wildman–Crippen LogP) is 6.53. The number of hydrogen-bond donors (Lipinski definition) is 0. The fraction of sp³-hybridized carbons (Fsp3) is 0.158. The van der Waals surface area contributed by atoms with Gasteiger partial charge in [-0.2, -0.15) is 0 Å². The molecule has 0 fully saturated rings. The summed E-state index contributed by atoms with van der Waals surface area (Å²) in [4.78, 5) is 12.1. The average molecular weight is 369 g/mol. The SMILES string of the molecule is CCc1ccc(-c2nc(-c3nc(-c4cccs4)cs3)sc2C)cc1. The number of rotatable bonds is 4. The van der Waals surface area contributed by atoms with Crippen molar-refractivity contribution in [1.82, 2.24) is 9.97 Å². The maximum atomic E-state index is 4.87. The molecule has 0 amide bonds. The van der Waals surface area contributed by atoms with Gasteiger partial charge in [0.15, 0.2) is 10.0 Å². The van der Waals surface area contributed by atoms with E-state index in [1.54, 1.807) is 34.0 Å². The molecule has 0 unspecified atom stereocenters. The minimum Gasteiger partial charge on any atom is -0.233 e. The summed E-state index contributed by atoms with van der Waals surface area (Å²) in [7, 11) is 0.